The molecule has 124 valence electrons. The number of nitrogens with one attached hydrogen (secondary N) is 2. The van der Waals surface area contributed by atoms with Crippen LogP contribution in [0.1, 0.15) is 35.9 Å². The molecule has 0 saturated heterocycles. The van der Waals surface area contributed by atoms with E-state index in [1.165, 1.54) is 17.2 Å². The molecule has 0 bridgehead atoms. The fourth-order valence-electron chi connectivity index (χ4n) is 1.93. The van der Waals surface area contributed by atoms with E-state index in [1.807, 2.05) is 13.8 Å². The highest BCUT2D eigenvalue weighted by atomic mass is 32.2. The molecule has 23 heavy (non-hydrogen) atoms. The quantitative estimate of drug-likeness (QED) is 0.873. The van der Waals surface area contributed by atoms with E-state index in [-0.39, 0.29) is 16.9 Å². The van der Waals surface area contributed by atoms with Crippen LogP contribution < -0.4 is 4.72 Å². The Morgan fingerprint density at radius 3 is 2.57 bits per heavy atom. The molecule has 0 radical (unpaired) electrons. The molecule has 0 atom stereocenters. The van der Waals surface area contributed by atoms with Gasteiger partial charge in [-0.3, -0.25) is 9.52 Å². The normalized spacial score (nSPS) is 11.5. The van der Waals surface area contributed by atoms with Gasteiger partial charge in [0.25, 0.3) is 15.9 Å². The van der Waals surface area contributed by atoms with Gasteiger partial charge in [-0.2, -0.15) is 8.42 Å². The highest BCUT2D eigenvalue weighted by Gasteiger charge is 2.19. The van der Waals surface area contributed by atoms with Crippen LogP contribution >= 0.6 is 0 Å². The van der Waals surface area contributed by atoms with E-state index in [2.05, 4.69) is 14.7 Å². The van der Waals surface area contributed by atoms with E-state index >= 15 is 0 Å². The molecule has 2 N–H and O–H groups in total. The summed E-state index contributed by atoms with van der Waals surface area (Å²) in [5.41, 5.74) is 0.723. The summed E-state index contributed by atoms with van der Waals surface area (Å²) in [5, 5.41) is -0.00876. The number of aromatic nitrogens is 2. The molecule has 0 unspecified atom stereocenters. The molecule has 7 nitrogen and oxygen atoms in total. The molecule has 1 heterocycles. The number of sulfonamides is 1. The summed E-state index contributed by atoms with van der Waals surface area (Å²) < 4.78 is 27.2. The lowest BCUT2D eigenvalue weighted by molar-refractivity contribution is 0.0827. The van der Waals surface area contributed by atoms with Crippen LogP contribution in [0.4, 0.5) is 5.69 Å². The molecule has 0 spiro atoms. The number of H-pyrrole nitrogens is 1. The molecule has 2 rings (SSSR count). The number of carbonyl (C=O) groups is 1. The molecule has 0 aliphatic carbocycles. The maximum atomic E-state index is 12.4. The highest BCUT2D eigenvalue weighted by molar-refractivity contribution is 7.92. The molecule has 1 aromatic heterocycles. The third-order valence-electron chi connectivity index (χ3n) is 3.18. The number of benzene rings is 1. The summed E-state index contributed by atoms with van der Waals surface area (Å²) >= 11 is 0. The molecular formula is C15H20N4O3S. The lowest BCUT2D eigenvalue weighted by Crippen LogP contribution is -2.22. The van der Waals surface area contributed by atoms with Gasteiger partial charge in [-0.25, -0.2) is 4.98 Å². The van der Waals surface area contributed by atoms with Crippen LogP contribution in [0.5, 0.6) is 0 Å². The Balaban J connectivity index is 2.26. The maximum Gasteiger partial charge on any atom is 0.278 e. The first-order valence-corrected chi connectivity index (χ1v) is 8.58. The fourth-order valence-corrected chi connectivity index (χ4v) is 2.91. The number of carbonyl (C=O) groups excluding carboxylic acids is 1. The number of amides is 1. The van der Waals surface area contributed by atoms with Gasteiger partial charge >= 0.3 is 0 Å². The van der Waals surface area contributed by atoms with Crippen molar-refractivity contribution in [2.75, 3.05) is 18.8 Å². The Morgan fingerprint density at radius 1 is 1.30 bits per heavy atom. The van der Waals surface area contributed by atoms with Gasteiger partial charge in [0.2, 0.25) is 0 Å². The summed E-state index contributed by atoms with van der Waals surface area (Å²) in [5.74, 6) is 0.497. The molecule has 0 aliphatic rings. The maximum absolute atomic E-state index is 12.4. The third-order valence-corrected chi connectivity index (χ3v) is 4.47. The van der Waals surface area contributed by atoms with E-state index in [4.69, 9.17) is 0 Å². The SMILES string of the molecule is CC(C)c1ncc(S(=O)(=O)Nc2cccc(C(=O)N(C)C)c2)[nH]1. The van der Waals surface area contributed by atoms with Gasteiger partial charge in [-0.15, -0.1) is 0 Å². The Labute approximate surface area is 135 Å². The van der Waals surface area contributed by atoms with Crippen molar-refractivity contribution >= 4 is 21.6 Å². The van der Waals surface area contributed by atoms with Gasteiger partial charge < -0.3 is 9.88 Å². The summed E-state index contributed by atoms with van der Waals surface area (Å²) in [6.45, 7) is 3.83. The minimum absolute atomic E-state index is 0.00876. The van der Waals surface area contributed by atoms with E-state index in [9.17, 15) is 13.2 Å². The van der Waals surface area contributed by atoms with Crippen LogP contribution in [-0.4, -0.2) is 43.3 Å². The average molecular weight is 336 g/mol. The lowest BCUT2D eigenvalue weighted by atomic mass is 10.2. The molecule has 0 saturated carbocycles. The Bertz CT molecular complexity index is 810. The van der Waals surface area contributed by atoms with Crippen molar-refractivity contribution in [1.82, 2.24) is 14.9 Å². The second-order valence-corrected chi connectivity index (χ2v) is 7.32. The first kappa shape index (κ1) is 17.0. The molecule has 1 amide bonds. The average Bonchev–Trinajstić information content (AvgIpc) is 2.97. The minimum atomic E-state index is -3.78. The van der Waals surface area contributed by atoms with E-state index < -0.39 is 10.0 Å². The topological polar surface area (TPSA) is 95.2 Å². The summed E-state index contributed by atoms with van der Waals surface area (Å²) in [7, 11) is -0.509. The number of anilines is 1. The second kappa shape index (κ2) is 6.41. The lowest BCUT2D eigenvalue weighted by Gasteiger charge is -2.12. The molecule has 1 aromatic carbocycles. The van der Waals surface area contributed by atoms with Crippen molar-refractivity contribution in [2.24, 2.45) is 0 Å². The standard InChI is InChI=1S/C15H20N4O3S/c1-10(2)14-16-9-13(17-14)23(21,22)18-12-7-5-6-11(8-12)15(20)19(3)4/h5-10,18H,1-4H3,(H,16,17). The number of nitrogens with zero attached hydrogens (tertiary/aromatic N) is 2. The van der Waals surface area contributed by atoms with Crippen LogP contribution in [0, 0.1) is 0 Å². The van der Waals surface area contributed by atoms with Gasteiger partial charge in [0.05, 0.1) is 6.20 Å². The van der Waals surface area contributed by atoms with Crippen molar-refractivity contribution < 1.29 is 13.2 Å². The van der Waals surface area contributed by atoms with E-state index in [0.717, 1.165) is 0 Å². The van der Waals surface area contributed by atoms with Gasteiger partial charge in [0, 0.05) is 31.3 Å². The third kappa shape index (κ3) is 3.89. The summed E-state index contributed by atoms with van der Waals surface area (Å²) in [6, 6.07) is 6.34. The van der Waals surface area contributed by atoms with Gasteiger partial charge in [-0.05, 0) is 18.2 Å². The first-order valence-electron chi connectivity index (χ1n) is 7.10. The Hall–Kier alpha value is -2.35. The molecule has 0 fully saturated rings. The first-order chi connectivity index (χ1) is 10.7. The summed E-state index contributed by atoms with van der Waals surface area (Å²) in [4.78, 5) is 20.2. The zero-order valence-corrected chi connectivity index (χ0v) is 14.3. The van der Waals surface area contributed by atoms with E-state index in [0.29, 0.717) is 17.1 Å². The van der Waals surface area contributed by atoms with Crippen molar-refractivity contribution in [3.8, 4) is 0 Å². The smallest absolute Gasteiger partial charge is 0.278 e. The second-order valence-electron chi connectivity index (χ2n) is 5.67. The zero-order chi connectivity index (χ0) is 17.2. The number of aromatic amines is 1. The molecule has 8 heteroatoms. The van der Waals surface area contributed by atoms with Crippen LogP contribution in [0.25, 0.3) is 0 Å². The highest BCUT2D eigenvalue weighted by Crippen LogP contribution is 2.18. The van der Waals surface area contributed by atoms with Gasteiger partial charge in [0.1, 0.15) is 5.82 Å². The Kier molecular flexibility index (Phi) is 4.74. The van der Waals surface area contributed by atoms with Gasteiger partial charge in [0.15, 0.2) is 5.03 Å². The largest absolute Gasteiger partial charge is 0.345 e. The fraction of sp³-hybridized carbons (Fsp3) is 0.333. The predicted octanol–water partition coefficient (Wildman–Crippen LogP) is 2.04. The number of imidazole rings is 1. The van der Waals surface area contributed by atoms with Gasteiger partial charge in [-0.1, -0.05) is 19.9 Å². The van der Waals surface area contributed by atoms with Crippen LogP contribution in [-0.2, 0) is 10.0 Å². The molecular weight excluding hydrogens is 316 g/mol. The predicted molar refractivity (Wildman–Crippen MR) is 87.9 cm³/mol. The summed E-state index contributed by atoms with van der Waals surface area (Å²) in [6.07, 6.45) is 1.28. The zero-order valence-electron chi connectivity index (χ0n) is 13.5. The number of rotatable bonds is 5. The van der Waals surface area contributed by atoms with Crippen molar-refractivity contribution in [3.63, 3.8) is 0 Å². The molecule has 2 aromatic rings. The monoisotopic (exact) mass is 336 g/mol. The van der Waals surface area contributed by atoms with Crippen molar-refractivity contribution in [1.29, 1.82) is 0 Å². The Morgan fingerprint density at radius 2 is 2.00 bits per heavy atom. The van der Waals surface area contributed by atoms with Crippen molar-refractivity contribution in [2.45, 2.75) is 24.8 Å². The van der Waals surface area contributed by atoms with Crippen LogP contribution in [0.15, 0.2) is 35.5 Å². The van der Waals surface area contributed by atoms with Crippen molar-refractivity contribution in [3.05, 3.63) is 41.9 Å². The number of hydrogen-bond acceptors (Lipinski definition) is 4. The van der Waals surface area contributed by atoms with E-state index in [1.54, 1.807) is 32.3 Å². The molecule has 0 aliphatic heterocycles. The number of hydrogen-bond donors (Lipinski definition) is 2. The van der Waals surface area contributed by atoms with Crippen LogP contribution in [0.3, 0.4) is 0 Å². The minimum Gasteiger partial charge on any atom is -0.345 e. The van der Waals surface area contributed by atoms with Crippen LogP contribution in [0.2, 0.25) is 0 Å².